The first-order chi connectivity index (χ1) is 13.2. The first kappa shape index (κ1) is 21.6. The molecule has 5 atom stereocenters. The fraction of sp³-hybridized carbons (Fsp3) is 0.444. The fourth-order valence-corrected chi connectivity index (χ4v) is 2.51. The van der Waals surface area contributed by atoms with E-state index in [9.17, 15) is 24.9 Å². The van der Waals surface area contributed by atoms with Gasteiger partial charge < -0.3 is 39.4 Å². The molecule has 0 aliphatic carbocycles. The number of carboxylic acids is 1. The zero-order valence-corrected chi connectivity index (χ0v) is 15.2. The smallest absolute Gasteiger partial charge is 0.335 e. The van der Waals surface area contributed by atoms with E-state index in [1.807, 2.05) is 0 Å². The summed E-state index contributed by atoms with van der Waals surface area (Å²) in [5.41, 5.74) is 0.695. The van der Waals surface area contributed by atoms with E-state index in [4.69, 9.17) is 24.1 Å². The van der Waals surface area contributed by atoms with Crippen molar-refractivity contribution in [2.45, 2.75) is 37.6 Å². The highest BCUT2D eigenvalue weighted by atomic mass is 16.7. The van der Waals surface area contributed by atoms with E-state index in [1.54, 1.807) is 24.3 Å². The summed E-state index contributed by atoms with van der Waals surface area (Å²) in [6.45, 7) is 1.41. The van der Waals surface area contributed by atoms with E-state index >= 15 is 0 Å². The number of aliphatic carboxylic acids is 1. The van der Waals surface area contributed by atoms with Crippen molar-refractivity contribution in [1.82, 2.24) is 0 Å². The van der Waals surface area contributed by atoms with E-state index in [2.05, 4.69) is 0 Å². The molecule has 4 N–H and O–H groups in total. The second kappa shape index (κ2) is 9.51. The molecule has 0 unspecified atom stereocenters. The number of hydrogen-bond donors (Lipinski definition) is 4. The highest BCUT2D eigenvalue weighted by molar-refractivity contribution is 5.73. The molecular weight excluding hydrogens is 376 g/mol. The summed E-state index contributed by atoms with van der Waals surface area (Å²) < 4.78 is 20.6. The zero-order chi connectivity index (χ0) is 20.8. The lowest BCUT2D eigenvalue weighted by Crippen LogP contribution is -2.61. The van der Waals surface area contributed by atoms with Crippen LogP contribution in [0, 0.1) is 0 Å². The van der Waals surface area contributed by atoms with Gasteiger partial charge in [-0.15, -0.1) is 0 Å². The van der Waals surface area contributed by atoms with Gasteiger partial charge in [-0.25, -0.2) is 4.79 Å². The van der Waals surface area contributed by atoms with Crippen LogP contribution in [0.4, 0.5) is 0 Å². The number of methoxy groups -OCH3 is 1. The molecule has 2 rings (SSSR count). The molecule has 0 spiro atoms. The Hall–Kier alpha value is -2.66. The van der Waals surface area contributed by atoms with Gasteiger partial charge in [0.2, 0.25) is 6.29 Å². The monoisotopic (exact) mass is 398 g/mol. The van der Waals surface area contributed by atoms with Crippen LogP contribution < -0.4 is 9.47 Å². The van der Waals surface area contributed by atoms with Gasteiger partial charge in [0.05, 0.1) is 7.11 Å². The molecule has 10 nitrogen and oxygen atoms in total. The molecule has 10 heteroatoms. The number of carboxylic acid groups (broad SMARTS) is 1. The maximum absolute atomic E-state index is 11.2. The van der Waals surface area contributed by atoms with E-state index in [0.29, 0.717) is 5.56 Å². The lowest BCUT2D eigenvalue weighted by atomic mass is 9.99. The Balaban J connectivity index is 2.14. The molecule has 0 saturated carbocycles. The molecule has 1 saturated heterocycles. The topological polar surface area (TPSA) is 152 Å². The normalized spacial score (nSPS) is 27.4. The summed E-state index contributed by atoms with van der Waals surface area (Å²) in [6, 6.07) is 4.72. The first-order valence-corrected chi connectivity index (χ1v) is 8.31. The van der Waals surface area contributed by atoms with Crippen molar-refractivity contribution in [1.29, 1.82) is 0 Å². The van der Waals surface area contributed by atoms with Crippen LogP contribution in [0.1, 0.15) is 12.5 Å². The van der Waals surface area contributed by atoms with Crippen molar-refractivity contribution in [3.05, 3.63) is 29.8 Å². The van der Waals surface area contributed by atoms with Gasteiger partial charge >= 0.3 is 11.9 Å². The predicted molar refractivity (Wildman–Crippen MR) is 93.6 cm³/mol. The average molecular weight is 398 g/mol. The number of aliphatic hydroxyl groups excluding tert-OH is 3. The molecule has 0 aromatic heterocycles. The number of carbonyl (C=O) groups is 2. The summed E-state index contributed by atoms with van der Waals surface area (Å²) in [6.07, 6.45) is -5.26. The third-order valence-corrected chi connectivity index (χ3v) is 3.94. The van der Waals surface area contributed by atoms with Crippen LogP contribution in [0.5, 0.6) is 11.5 Å². The van der Waals surface area contributed by atoms with E-state index in [-0.39, 0.29) is 18.1 Å². The highest BCUT2D eigenvalue weighted by Crippen LogP contribution is 2.32. The summed E-state index contributed by atoms with van der Waals surface area (Å²) in [5.74, 6) is -1.54. The molecule has 1 aromatic carbocycles. The number of aliphatic hydroxyl groups is 3. The van der Waals surface area contributed by atoms with Crippen molar-refractivity contribution in [3.63, 3.8) is 0 Å². The molecule has 1 aliphatic rings. The minimum atomic E-state index is -1.81. The quantitative estimate of drug-likeness (QED) is 0.444. The number of benzene rings is 1. The Bertz CT molecular complexity index is 731. The van der Waals surface area contributed by atoms with Crippen molar-refractivity contribution < 1.29 is 49.0 Å². The lowest BCUT2D eigenvalue weighted by Gasteiger charge is -2.38. The SMILES string of the molecule is COc1cc(/C=C/COC(C)=O)ccc1O[C@@H]1O[C@H](C(=O)O)[C@@H](O)[C@H](O)[C@H]1O. The number of esters is 1. The van der Waals surface area contributed by atoms with Gasteiger partial charge in [-0.05, 0) is 23.8 Å². The highest BCUT2D eigenvalue weighted by Gasteiger charge is 2.48. The molecule has 1 fully saturated rings. The summed E-state index contributed by atoms with van der Waals surface area (Å²) >= 11 is 0. The number of hydrogen-bond acceptors (Lipinski definition) is 9. The van der Waals surface area contributed by atoms with Gasteiger partial charge in [-0.1, -0.05) is 12.1 Å². The van der Waals surface area contributed by atoms with Crippen LogP contribution in [-0.4, -0.2) is 76.8 Å². The molecule has 1 heterocycles. The van der Waals surface area contributed by atoms with Crippen LogP contribution in [-0.2, 0) is 19.1 Å². The minimum absolute atomic E-state index is 0.106. The van der Waals surface area contributed by atoms with Gasteiger partial charge in [0.1, 0.15) is 24.9 Å². The zero-order valence-electron chi connectivity index (χ0n) is 15.2. The van der Waals surface area contributed by atoms with E-state index in [0.717, 1.165) is 0 Å². The number of ether oxygens (including phenoxy) is 4. The Kier molecular flexibility index (Phi) is 7.35. The van der Waals surface area contributed by atoms with Crippen molar-refractivity contribution >= 4 is 18.0 Å². The second-order valence-electron chi connectivity index (χ2n) is 5.97. The molecule has 1 aliphatic heterocycles. The fourth-order valence-electron chi connectivity index (χ4n) is 2.51. The van der Waals surface area contributed by atoms with Crippen molar-refractivity contribution in [2.75, 3.05) is 13.7 Å². The number of carbonyl (C=O) groups excluding carboxylic acids is 1. The van der Waals surface area contributed by atoms with E-state index in [1.165, 1.54) is 20.1 Å². The molecule has 28 heavy (non-hydrogen) atoms. The maximum atomic E-state index is 11.2. The van der Waals surface area contributed by atoms with Crippen molar-refractivity contribution in [2.24, 2.45) is 0 Å². The Labute approximate surface area is 160 Å². The Morgan fingerprint density at radius 3 is 2.46 bits per heavy atom. The predicted octanol–water partition coefficient (Wildman–Crippen LogP) is -0.458. The third kappa shape index (κ3) is 5.20. The first-order valence-electron chi connectivity index (χ1n) is 8.31. The van der Waals surface area contributed by atoms with Gasteiger partial charge in [0, 0.05) is 6.92 Å². The Morgan fingerprint density at radius 1 is 1.14 bits per heavy atom. The molecule has 0 radical (unpaired) electrons. The molecule has 1 aromatic rings. The maximum Gasteiger partial charge on any atom is 0.335 e. The molecule has 0 bridgehead atoms. The van der Waals surface area contributed by atoms with Crippen LogP contribution in [0.3, 0.4) is 0 Å². The van der Waals surface area contributed by atoms with Gasteiger partial charge in [0.25, 0.3) is 0 Å². The summed E-state index contributed by atoms with van der Waals surface area (Å²) in [5, 5.41) is 38.6. The minimum Gasteiger partial charge on any atom is -0.493 e. The van der Waals surface area contributed by atoms with Crippen LogP contribution >= 0.6 is 0 Å². The molecular formula is C18H22O10. The van der Waals surface area contributed by atoms with Crippen LogP contribution in [0.25, 0.3) is 6.08 Å². The summed E-state index contributed by atoms with van der Waals surface area (Å²) in [4.78, 5) is 21.9. The Morgan fingerprint density at radius 2 is 1.86 bits per heavy atom. The molecule has 154 valence electrons. The van der Waals surface area contributed by atoms with Gasteiger partial charge in [-0.2, -0.15) is 0 Å². The molecule has 0 amide bonds. The number of rotatable bonds is 7. The largest absolute Gasteiger partial charge is 0.493 e. The summed E-state index contributed by atoms with van der Waals surface area (Å²) in [7, 11) is 1.38. The standard InChI is InChI=1S/C18H22O10/c1-9(19)26-7-3-4-10-5-6-11(12(8-10)25-2)27-18-15(22)13(20)14(21)16(28-18)17(23)24/h3-6,8,13-16,18,20-22H,7H2,1-2H3,(H,23,24)/b4-3+/t13-,14-,15+,16-,18+/m0/s1. The third-order valence-electron chi connectivity index (χ3n) is 3.94. The van der Waals surface area contributed by atoms with Crippen molar-refractivity contribution in [3.8, 4) is 11.5 Å². The van der Waals surface area contributed by atoms with E-state index < -0.39 is 42.6 Å². The average Bonchev–Trinajstić information content (AvgIpc) is 2.65. The van der Waals surface area contributed by atoms with Gasteiger partial charge in [-0.3, -0.25) is 4.79 Å². The second-order valence-corrected chi connectivity index (χ2v) is 5.97. The van der Waals surface area contributed by atoms with Crippen LogP contribution in [0.2, 0.25) is 0 Å². The lowest BCUT2D eigenvalue weighted by molar-refractivity contribution is -0.271. The van der Waals surface area contributed by atoms with Gasteiger partial charge in [0.15, 0.2) is 17.6 Å². The van der Waals surface area contributed by atoms with Crippen LogP contribution in [0.15, 0.2) is 24.3 Å².